The van der Waals surface area contributed by atoms with E-state index in [0.29, 0.717) is 6.42 Å². The molecule has 0 unspecified atom stereocenters. The normalized spacial score (nSPS) is 23.0. The third kappa shape index (κ3) is 5.13. The van der Waals surface area contributed by atoms with Crippen molar-refractivity contribution in [2.24, 2.45) is 0 Å². The van der Waals surface area contributed by atoms with E-state index < -0.39 is 12.0 Å². The van der Waals surface area contributed by atoms with Crippen LogP contribution in [0.15, 0.2) is 60.7 Å². The Morgan fingerprint density at radius 3 is 2.11 bits per heavy atom. The molecule has 0 radical (unpaired) electrons. The maximum absolute atomic E-state index is 11.8. The molecule has 4 nitrogen and oxygen atoms in total. The summed E-state index contributed by atoms with van der Waals surface area (Å²) < 4.78 is 0. The number of carboxylic acid groups (broad SMARTS) is 1. The third-order valence-electron chi connectivity index (χ3n) is 6.00. The summed E-state index contributed by atoms with van der Waals surface area (Å²) in [5, 5.41) is 13.1. The number of aliphatic carboxylic acids is 1. The highest BCUT2D eigenvalue weighted by atomic mass is 35.5. The molecule has 2 N–H and O–H groups in total. The first-order valence-electron chi connectivity index (χ1n) is 9.77. The second-order valence-electron chi connectivity index (χ2n) is 7.81. The second kappa shape index (κ2) is 10.1. The van der Waals surface area contributed by atoms with Crippen molar-refractivity contribution < 1.29 is 9.90 Å². The molecule has 2 aromatic rings. The van der Waals surface area contributed by atoms with Crippen molar-refractivity contribution in [1.82, 2.24) is 10.2 Å². The van der Waals surface area contributed by atoms with Crippen LogP contribution in [0.5, 0.6) is 0 Å². The molecule has 28 heavy (non-hydrogen) atoms. The predicted octanol–water partition coefficient (Wildman–Crippen LogP) is 4.09. The van der Waals surface area contributed by atoms with Gasteiger partial charge in [0.25, 0.3) is 0 Å². The van der Waals surface area contributed by atoms with Gasteiger partial charge in [0.15, 0.2) is 0 Å². The molecule has 0 amide bonds. The lowest BCUT2D eigenvalue weighted by Gasteiger charge is -2.46. The van der Waals surface area contributed by atoms with E-state index in [-0.39, 0.29) is 24.0 Å². The van der Waals surface area contributed by atoms with E-state index in [1.165, 1.54) is 5.56 Å². The van der Waals surface area contributed by atoms with Crippen molar-refractivity contribution in [2.45, 2.75) is 49.7 Å². The number of carboxylic acids is 1. The average Bonchev–Trinajstić information content (AvgIpc) is 2.69. The Balaban J connectivity index is 0.00000280. The van der Waals surface area contributed by atoms with Crippen molar-refractivity contribution in [2.75, 3.05) is 14.1 Å². The summed E-state index contributed by atoms with van der Waals surface area (Å²) in [6, 6.07) is 20.2. The molecule has 1 atom stereocenters. The number of rotatable bonds is 7. The molecule has 0 bridgehead atoms. The molecule has 1 aliphatic carbocycles. The molecule has 0 heterocycles. The fraction of sp³-hybridized carbons (Fsp3) is 0.435. The maximum Gasteiger partial charge on any atom is 0.321 e. The summed E-state index contributed by atoms with van der Waals surface area (Å²) in [4.78, 5) is 14.1. The van der Waals surface area contributed by atoms with Gasteiger partial charge >= 0.3 is 5.97 Å². The highest BCUT2D eigenvalue weighted by Gasteiger charge is 2.39. The summed E-state index contributed by atoms with van der Waals surface area (Å²) in [6.07, 6.45) is 4.53. The number of halogens is 1. The van der Waals surface area contributed by atoms with Gasteiger partial charge in [0.1, 0.15) is 6.04 Å². The minimum absolute atomic E-state index is 0. The van der Waals surface area contributed by atoms with Crippen LogP contribution in [0.4, 0.5) is 0 Å². The molecular formula is C23H31ClN2O2. The molecule has 2 aromatic carbocycles. The standard InChI is InChI=1S/C23H30N2O2.ClH/c1-25(2)23(19-11-7-4-8-12-19)15-13-20(14-16-23)24-21(22(26)27)17-18-9-5-3-6-10-18;/h3-12,20-21,24H,13-17H2,1-2H3,(H,26,27);1H/t20?,21-,23?;/m1./s1. The molecule has 0 spiro atoms. The number of carbonyl (C=O) groups is 1. The van der Waals surface area contributed by atoms with Crippen LogP contribution in [0, 0.1) is 0 Å². The van der Waals surface area contributed by atoms with Crippen molar-refractivity contribution in [3.05, 3.63) is 71.8 Å². The molecule has 1 fully saturated rings. The van der Waals surface area contributed by atoms with E-state index in [1.54, 1.807) is 0 Å². The molecule has 1 saturated carbocycles. The van der Waals surface area contributed by atoms with Gasteiger partial charge in [-0.15, -0.1) is 12.4 Å². The Hall–Kier alpha value is -1.88. The van der Waals surface area contributed by atoms with Gasteiger partial charge in [0.05, 0.1) is 0 Å². The number of nitrogens with one attached hydrogen (secondary N) is 1. The minimum atomic E-state index is -0.772. The van der Waals surface area contributed by atoms with E-state index in [0.717, 1.165) is 31.2 Å². The number of hydrogen-bond donors (Lipinski definition) is 2. The van der Waals surface area contributed by atoms with E-state index in [9.17, 15) is 9.90 Å². The fourth-order valence-electron chi connectivity index (χ4n) is 4.36. The summed E-state index contributed by atoms with van der Waals surface area (Å²) in [5.41, 5.74) is 2.45. The van der Waals surface area contributed by atoms with Gasteiger partial charge in [-0.2, -0.15) is 0 Å². The lowest BCUT2D eigenvalue weighted by molar-refractivity contribution is -0.139. The summed E-state index contributed by atoms with van der Waals surface area (Å²) >= 11 is 0. The monoisotopic (exact) mass is 402 g/mol. The van der Waals surface area contributed by atoms with Crippen LogP contribution in [0.3, 0.4) is 0 Å². The molecule has 0 aliphatic heterocycles. The Labute approximate surface area is 174 Å². The predicted molar refractivity (Wildman–Crippen MR) is 116 cm³/mol. The van der Waals surface area contributed by atoms with Crippen LogP contribution in [-0.2, 0) is 16.8 Å². The summed E-state index contributed by atoms with van der Waals surface area (Å²) in [5.74, 6) is -0.772. The molecule has 3 rings (SSSR count). The zero-order valence-corrected chi connectivity index (χ0v) is 17.5. The molecule has 0 saturated heterocycles. The Bertz CT molecular complexity index is 729. The SMILES string of the molecule is CN(C)C1(c2ccccc2)CCC(N[C@H](Cc2ccccc2)C(=O)O)CC1.Cl. The van der Waals surface area contributed by atoms with E-state index in [2.05, 4.69) is 54.6 Å². The van der Waals surface area contributed by atoms with Crippen LogP contribution >= 0.6 is 12.4 Å². The van der Waals surface area contributed by atoms with Gasteiger partial charge in [-0.3, -0.25) is 9.69 Å². The summed E-state index contributed by atoms with van der Waals surface area (Å²) in [6.45, 7) is 0. The first-order valence-corrected chi connectivity index (χ1v) is 9.77. The quantitative estimate of drug-likeness (QED) is 0.732. The van der Waals surface area contributed by atoms with Gasteiger partial charge in [-0.05, 0) is 57.3 Å². The average molecular weight is 403 g/mol. The lowest BCUT2D eigenvalue weighted by atomic mass is 9.74. The van der Waals surface area contributed by atoms with E-state index >= 15 is 0 Å². The van der Waals surface area contributed by atoms with Gasteiger partial charge in [0, 0.05) is 11.6 Å². The summed E-state index contributed by atoms with van der Waals surface area (Å²) in [7, 11) is 4.30. The topological polar surface area (TPSA) is 52.6 Å². The first kappa shape index (κ1) is 22.4. The lowest BCUT2D eigenvalue weighted by Crippen LogP contribution is -2.51. The van der Waals surface area contributed by atoms with E-state index in [4.69, 9.17) is 0 Å². The number of hydrogen-bond acceptors (Lipinski definition) is 3. The minimum Gasteiger partial charge on any atom is -0.480 e. The molecular weight excluding hydrogens is 372 g/mol. The molecule has 0 aromatic heterocycles. The smallest absolute Gasteiger partial charge is 0.321 e. The van der Waals surface area contributed by atoms with Gasteiger partial charge in [-0.1, -0.05) is 60.7 Å². The van der Waals surface area contributed by atoms with Crippen molar-refractivity contribution in [3.63, 3.8) is 0 Å². The van der Waals surface area contributed by atoms with Crippen LogP contribution < -0.4 is 5.32 Å². The third-order valence-corrected chi connectivity index (χ3v) is 6.00. The second-order valence-corrected chi connectivity index (χ2v) is 7.81. The Morgan fingerprint density at radius 2 is 1.61 bits per heavy atom. The highest BCUT2D eigenvalue weighted by molar-refractivity contribution is 5.85. The Kier molecular flexibility index (Phi) is 8.05. The fourth-order valence-corrected chi connectivity index (χ4v) is 4.36. The van der Waals surface area contributed by atoms with E-state index in [1.807, 2.05) is 30.3 Å². The number of nitrogens with zero attached hydrogens (tertiary/aromatic N) is 1. The number of benzene rings is 2. The van der Waals surface area contributed by atoms with Crippen LogP contribution in [0.1, 0.15) is 36.8 Å². The van der Waals surface area contributed by atoms with Crippen LogP contribution in [0.2, 0.25) is 0 Å². The van der Waals surface area contributed by atoms with Gasteiger partial charge < -0.3 is 10.4 Å². The maximum atomic E-state index is 11.8. The van der Waals surface area contributed by atoms with Gasteiger partial charge in [-0.25, -0.2) is 0 Å². The Morgan fingerprint density at radius 1 is 1.07 bits per heavy atom. The van der Waals surface area contributed by atoms with Gasteiger partial charge in [0.2, 0.25) is 0 Å². The van der Waals surface area contributed by atoms with Crippen LogP contribution in [-0.4, -0.2) is 42.2 Å². The molecule has 152 valence electrons. The van der Waals surface area contributed by atoms with Crippen molar-refractivity contribution in [3.8, 4) is 0 Å². The zero-order valence-electron chi connectivity index (χ0n) is 16.7. The van der Waals surface area contributed by atoms with Crippen molar-refractivity contribution >= 4 is 18.4 Å². The molecule has 1 aliphatic rings. The van der Waals surface area contributed by atoms with Crippen LogP contribution in [0.25, 0.3) is 0 Å². The first-order chi connectivity index (χ1) is 13.0. The van der Waals surface area contributed by atoms with Crippen molar-refractivity contribution in [1.29, 1.82) is 0 Å². The zero-order chi connectivity index (χ0) is 19.3. The largest absolute Gasteiger partial charge is 0.480 e. The molecule has 5 heteroatoms. The highest BCUT2D eigenvalue weighted by Crippen LogP contribution is 2.41.